The van der Waals surface area contributed by atoms with Crippen LogP contribution in [0.25, 0.3) is 0 Å². The molecule has 120 valence electrons. The number of hydrogen-bond acceptors (Lipinski definition) is 2. The number of amides is 1. The Kier molecular flexibility index (Phi) is 4.82. The third-order valence-electron chi connectivity index (χ3n) is 5.30. The van der Waals surface area contributed by atoms with Crippen LogP contribution in [-0.4, -0.2) is 37.0 Å². The van der Waals surface area contributed by atoms with E-state index in [1.54, 1.807) is 0 Å². The molecule has 2 aliphatic rings. The maximum atomic E-state index is 12.7. The van der Waals surface area contributed by atoms with E-state index in [-0.39, 0.29) is 5.92 Å². The van der Waals surface area contributed by atoms with Gasteiger partial charge in [-0.1, -0.05) is 31.2 Å². The van der Waals surface area contributed by atoms with Crippen molar-refractivity contribution in [2.45, 2.75) is 39.0 Å². The zero-order valence-corrected chi connectivity index (χ0v) is 13.8. The van der Waals surface area contributed by atoms with E-state index in [1.807, 2.05) is 0 Å². The molecular formula is C19H28N2O. The first-order valence-corrected chi connectivity index (χ1v) is 8.75. The Morgan fingerprint density at radius 1 is 1.27 bits per heavy atom. The third-order valence-corrected chi connectivity index (χ3v) is 5.30. The van der Waals surface area contributed by atoms with Gasteiger partial charge in [-0.2, -0.15) is 0 Å². The predicted molar refractivity (Wildman–Crippen MR) is 89.9 cm³/mol. The van der Waals surface area contributed by atoms with Crippen molar-refractivity contribution in [1.82, 2.24) is 10.2 Å². The van der Waals surface area contributed by atoms with E-state index in [0.29, 0.717) is 11.8 Å². The maximum absolute atomic E-state index is 12.7. The zero-order chi connectivity index (χ0) is 15.5. The van der Waals surface area contributed by atoms with Gasteiger partial charge in [-0.15, -0.1) is 0 Å². The van der Waals surface area contributed by atoms with Gasteiger partial charge in [-0.25, -0.2) is 0 Å². The molecule has 0 aromatic heterocycles. The van der Waals surface area contributed by atoms with Crippen LogP contribution < -0.4 is 5.32 Å². The molecule has 1 amide bonds. The fourth-order valence-corrected chi connectivity index (χ4v) is 3.75. The predicted octanol–water partition coefficient (Wildman–Crippen LogP) is 2.95. The smallest absolute Gasteiger partial charge is 0.226 e. The van der Waals surface area contributed by atoms with Crippen molar-refractivity contribution in [2.24, 2.45) is 11.8 Å². The summed E-state index contributed by atoms with van der Waals surface area (Å²) < 4.78 is 0. The number of carbonyl (C=O) groups is 1. The number of rotatable bonds is 5. The van der Waals surface area contributed by atoms with Crippen LogP contribution in [0.3, 0.4) is 0 Å². The van der Waals surface area contributed by atoms with Crippen molar-refractivity contribution in [2.75, 3.05) is 26.2 Å². The van der Waals surface area contributed by atoms with Gasteiger partial charge in [0.05, 0.1) is 0 Å². The largest absolute Gasteiger partial charge is 0.342 e. The van der Waals surface area contributed by atoms with Gasteiger partial charge in [-0.3, -0.25) is 4.79 Å². The highest BCUT2D eigenvalue weighted by Gasteiger charge is 2.46. The monoisotopic (exact) mass is 300 g/mol. The number of benzene rings is 1. The van der Waals surface area contributed by atoms with Crippen LogP contribution >= 0.6 is 0 Å². The van der Waals surface area contributed by atoms with Gasteiger partial charge in [0.1, 0.15) is 0 Å². The summed E-state index contributed by atoms with van der Waals surface area (Å²) in [7, 11) is 0. The van der Waals surface area contributed by atoms with Crippen LogP contribution in [0.1, 0.15) is 43.2 Å². The van der Waals surface area contributed by atoms with E-state index in [9.17, 15) is 4.79 Å². The first kappa shape index (κ1) is 15.5. The Labute approximate surface area is 134 Å². The second-order valence-electron chi connectivity index (χ2n) is 6.88. The highest BCUT2D eigenvalue weighted by atomic mass is 16.2. The van der Waals surface area contributed by atoms with E-state index in [1.165, 1.54) is 11.1 Å². The molecule has 1 aliphatic heterocycles. The molecule has 2 fully saturated rings. The summed E-state index contributed by atoms with van der Waals surface area (Å²) in [6.45, 7) is 8.35. The summed E-state index contributed by atoms with van der Waals surface area (Å²) >= 11 is 0. The molecule has 0 radical (unpaired) electrons. The maximum Gasteiger partial charge on any atom is 0.226 e. The SMILES string of the molecule is CCNCC1CCN(C(=O)C2CC2c2ccccc2C)CC1. The Balaban J connectivity index is 1.51. The van der Waals surface area contributed by atoms with Crippen LogP contribution in [0.2, 0.25) is 0 Å². The van der Waals surface area contributed by atoms with E-state index < -0.39 is 0 Å². The number of hydrogen-bond donors (Lipinski definition) is 1. The van der Waals surface area contributed by atoms with Gasteiger partial charge in [0.2, 0.25) is 5.91 Å². The van der Waals surface area contributed by atoms with Crippen molar-refractivity contribution in [3.05, 3.63) is 35.4 Å². The fraction of sp³-hybridized carbons (Fsp3) is 0.632. The number of carbonyl (C=O) groups excluding carboxylic acids is 1. The van der Waals surface area contributed by atoms with E-state index >= 15 is 0 Å². The van der Waals surface area contributed by atoms with Crippen molar-refractivity contribution in [1.29, 1.82) is 0 Å². The lowest BCUT2D eigenvalue weighted by Gasteiger charge is -2.32. The van der Waals surface area contributed by atoms with Crippen molar-refractivity contribution in [3.63, 3.8) is 0 Å². The van der Waals surface area contributed by atoms with E-state index in [4.69, 9.17) is 0 Å². The Hall–Kier alpha value is -1.35. The minimum absolute atomic E-state index is 0.242. The van der Waals surface area contributed by atoms with Gasteiger partial charge in [0.15, 0.2) is 0 Å². The molecular weight excluding hydrogens is 272 g/mol. The average molecular weight is 300 g/mol. The zero-order valence-electron chi connectivity index (χ0n) is 13.8. The number of nitrogens with one attached hydrogen (secondary N) is 1. The number of piperidine rings is 1. The van der Waals surface area contributed by atoms with Gasteiger partial charge in [-0.05, 0) is 62.2 Å². The summed E-state index contributed by atoms with van der Waals surface area (Å²) in [5, 5.41) is 3.43. The minimum Gasteiger partial charge on any atom is -0.342 e. The lowest BCUT2D eigenvalue weighted by molar-refractivity contribution is -0.134. The summed E-state index contributed by atoms with van der Waals surface area (Å²) in [5.74, 6) is 1.85. The molecule has 3 nitrogen and oxygen atoms in total. The molecule has 2 unspecified atom stereocenters. The second kappa shape index (κ2) is 6.82. The molecule has 1 saturated heterocycles. The van der Waals surface area contributed by atoms with Crippen LogP contribution in [0.5, 0.6) is 0 Å². The lowest BCUT2D eigenvalue weighted by atomic mass is 9.96. The van der Waals surface area contributed by atoms with Crippen LogP contribution in [0, 0.1) is 18.8 Å². The Bertz CT molecular complexity index is 520. The Morgan fingerprint density at radius 2 is 2.00 bits per heavy atom. The summed E-state index contributed by atoms with van der Waals surface area (Å²) in [6, 6.07) is 8.51. The van der Waals surface area contributed by atoms with Crippen molar-refractivity contribution >= 4 is 5.91 Å². The quantitative estimate of drug-likeness (QED) is 0.907. The molecule has 0 spiro atoms. The second-order valence-corrected chi connectivity index (χ2v) is 6.88. The molecule has 3 rings (SSSR count). The lowest BCUT2D eigenvalue weighted by Crippen LogP contribution is -2.41. The van der Waals surface area contributed by atoms with Crippen LogP contribution in [-0.2, 0) is 4.79 Å². The van der Waals surface area contributed by atoms with Crippen molar-refractivity contribution < 1.29 is 4.79 Å². The Morgan fingerprint density at radius 3 is 2.68 bits per heavy atom. The number of likely N-dealkylation sites (tertiary alicyclic amines) is 1. The first-order chi connectivity index (χ1) is 10.7. The molecule has 1 aromatic rings. The van der Waals surface area contributed by atoms with Gasteiger partial charge in [0.25, 0.3) is 0 Å². The topological polar surface area (TPSA) is 32.3 Å². The molecule has 1 aromatic carbocycles. The summed E-state index contributed by atoms with van der Waals surface area (Å²) in [4.78, 5) is 14.8. The molecule has 22 heavy (non-hydrogen) atoms. The highest BCUT2D eigenvalue weighted by Crippen LogP contribution is 2.49. The minimum atomic E-state index is 0.242. The number of aryl methyl sites for hydroxylation is 1. The molecule has 1 saturated carbocycles. The molecule has 2 atom stereocenters. The summed E-state index contributed by atoms with van der Waals surface area (Å²) in [5.41, 5.74) is 2.70. The molecule has 1 N–H and O–H groups in total. The average Bonchev–Trinajstić information content (AvgIpc) is 3.33. The van der Waals surface area contributed by atoms with Gasteiger partial charge < -0.3 is 10.2 Å². The van der Waals surface area contributed by atoms with Gasteiger partial charge >= 0.3 is 0 Å². The van der Waals surface area contributed by atoms with Crippen molar-refractivity contribution in [3.8, 4) is 0 Å². The van der Waals surface area contributed by atoms with Crippen LogP contribution in [0.4, 0.5) is 0 Å². The standard InChI is InChI=1S/C19H28N2O/c1-3-20-13-15-8-10-21(11-9-15)19(22)18-12-17(18)16-7-5-4-6-14(16)2/h4-7,15,17-18,20H,3,8-13H2,1-2H3. The fourth-order valence-electron chi connectivity index (χ4n) is 3.75. The van der Waals surface area contributed by atoms with Crippen LogP contribution in [0.15, 0.2) is 24.3 Å². The number of nitrogens with zero attached hydrogens (tertiary/aromatic N) is 1. The third kappa shape index (κ3) is 3.35. The van der Waals surface area contributed by atoms with E-state index in [0.717, 1.165) is 51.4 Å². The first-order valence-electron chi connectivity index (χ1n) is 8.75. The molecule has 0 bridgehead atoms. The molecule has 1 aliphatic carbocycles. The highest BCUT2D eigenvalue weighted by molar-refractivity contribution is 5.83. The van der Waals surface area contributed by atoms with Gasteiger partial charge in [0, 0.05) is 19.0 Å². The summed E-state index contributed by atoms with van der Waals surface area (Å²) in [6.07, 6.45) is 3.35. The molecule has 3 heteroatoms. The normalized spacial score (nSPS) is 25.3. The molecule has 1 heterocycles. The van der Waals surface area contributed by atoms with E-state index in [2.05, 4.69) is 48.3 Å².